The zero-order valence-electron chi connectivity index (χ0n) is 16.8. The van der Waals surface area contributed by atoms with Crippen molar-refractivity contribution < 1.29 is 23.9 Å². The molecular weight excluding hydrogens is 382 g/mol. The second-order valence-corrected chi connectivity index (χ2v) is 7.80. The quantitative estimate of drug-likeness (QED) is 0.422. The number of esters is 1. The molecule has 0 fully saturated rings. The second kappa shape index (κ2) is 11.1. The highest BCUT2D eigenvalue weighted by atomic mass is 32.1. The molecule has 1 heterocycles. The van der Waals surface area contributed by atoms with E-state index in [2.05, 4.69) is 10.6 Å². The highest BCUT2D eigenvalue weighted by Gasteiger charge is 2.28. The van der Waals surface area contributed by atoms with Gasteiger partial charge in [0.25, 0.3) is 0 Å². The number of anilines is 1. The maximum atomic E-state index is 12.4. The van der Waals surface area contributed by atoms with Gasteiger partial charge in [-0.3, -0.25) is 14.5 Å². The van der Waals surface area contributed by atoms with Crippen molar-refractivity contribution in [3.8, 4) is 0 Å². The number of nitrogens with one attached hydrogen (secondary N) is 2. The Hall–Kier alpha value is -1.97. The number of nitrogens with zero attached hydrogens (tertiary/aromatic N) is 1. The van der Waals surface area contributed by atoms with Gasteiger partial charge in [-0.2, -0.15) is 0 Å². The van der Waals surface area contributed by atoms with Crippen LogP contribution in [0.25, 0.3) is 0 Å². The fourth-order valence-electron chi connectivity index (χ4n) is 3.12. The van der Waals surface area contributed by atoms with Crippen LogP contribution in [0.1, 0.15) is 40.6 Å². The number of amides is 2. The Morgan fingerprint density at radius 3 is 2.64 bits per heavy atom. The van der Waals surface area contributed by atoms with Crippen LogP contribution in [-0.2, 0) is 31.9 Å². The molecule has 0 aromatic carbocycles. The maximum Gasteiger partial charge on any atom is 0.341 e. The Bertz CT molecular complexity index is 704. The number of ether oxygens (including phenoxy) is 2. The van der Waals surface area contributed by atoms with Crippen LogP contribution in [0.15, 0.2) is 0 Å². The van der Waals surface area contributed by atoms with Gasteiger partial charge in [0.2, 0.25) is 11.8 Å². The van der Waals surface area contributed by atoms with Crippen molar-refractivity contribution in [1.29, 1.82) is 0 Å². The maximum absolute atomic E-state index is 12.4. The average molecular weight is 412 g/mol. The molecule has 0 atom stereocenters. The lowest BCUT2D eigenvalue weighted by Gasteiger charge is -2.16. The number of carbonyl (C=O) groups excluding carboxylic acids is 3. The molecule has 1 aromatic rings. The van der Waals surface area contributed by atoms with Crippen molar-refractivity contribution in [3.05, 3.63) is 16.0 Å². The van der Waals surface area contributed by atoms with Gasteiger partial charge in [-0.1, -0.05) is 0 Å². The van der Waals surface area contributed by atoms with Crippen molar-refractivity contribution in [2.75, 3.05) is 52.3 Å². The molecular formula is C19H29N3O5S. The van der Waals surface area contributed by atoms with E-state index in [4.69, 9.17) is 9.47 Å². The number of hydrogen-bond donors (Lipinski definition) is 2. The predicted octanol–water partition coefficient (Wildman–Crippen LogP) is 1.44. The molecule has 2 amide bonds. The van der Waals surface area contributed by atoms with Gasteiger partial charge >= 0.3 is 5.97 Å². The van der Waals surface area contributed by atoms with E-state index in [1.165, 1.54) is 11.3 Å². The van der Waals surface area contributed by atoms with Gasteiger partial charge in [-0.05, 0) is 45.2 Å². The Balaban J connectivity index is 1.89. The SMILES string of the molecule is CCOC(=O)c1c(NC(=O)CN(C)CC(=O)NCCCOC)sc2c1CCC2. The van der Waals surface area contributed by atoms with E-state index >= 15 is 0 Å². The molecule has 1 aromatic heterocycles. The molecule has 156 valence electrons. The first-order valence-corrected chi connectivity index (χ1v) is 10.3. The number of likely N-dealkylation sites (N-methyl/N-ethyl adjacent to an activating group) is 1. The van der Waals surface area contributed by atoms with E-state index < -0.39 is 0 Å². The summed E-state index contributed by atoms with van der Waals surface area (Å²) in [6.07, 6.45) is 3.51. The third-order valence-electron chi connectivity index (χ3n) is 4.33. The number of aryl methyl sites for hydroxylation is 1. The molecule has 1 aliphatic carbocycles. The Morgan fingerprint density at radius 1 is 1.18 bits per heavy atom. The van der Waals surface area contributed by atoms with Gasteiger partial charge in [0.1, 0.15) is 5.00 Å². The highest BCUT2D eigenvalue weighted by Crippen LogP contribution is 2.39. The number of carbonyl (C=O) groups is 3. The molecule has 2 N–H and O–H groups in total. The van der Waals surface area contributed by atoms with Gasteiger partial charge in [-0.15, -0.1) is 11.3 Å². The third-order valence-corrected chi connectivity index (χ3v) is 5.54. The van der Waals surface area contributed by atoms with Crippen LogP contribution in [0.3, 0.4) is 0 Å². The lowest BCUT2D eigenvalue weighted by molar-refractivity contribution is -0.123. The third kappa shape index (κ3) is 6.29. The minimum absolute atomic E-state index is 0.0519. The Kier molecular flexibility index (Phi) is 8.88. The van der Waals surface area contributed by atoms with Crippen LogP contribution < -0.4 is 10.6 Å². The van der Waals surface area contributed by atoms with E-state index in [-0.39, 0.29) is 30.9 Å². The smallest absolute Gasteiger partial charge is 0.341 e. The largest absolute Gasteiger partial charge is 0.462 e. The minimum atomic E-state index is -0.388. The van der Waals surface area contributed by atoms with Crippen LogP contribution in [-0.4, -0.2) is 69.7 Å². The summed E-state index contributed by atoms with van der Waals surface area (Å²) in [6, 6.07) is 0. The van der Waals surface area contributed by atoms with Gasteiger partial charge < -0.3 is 20.1 Å². The Labute approximate surface area is 169 Å². The average Bonchev–Trinajstić information content (AvgIpc) is 3.19. The molecule has 2 rings (SSSR count). The summed E-state index contributed by atoms with van der Waals surface area (Å²) in [5.41, 5.74) is 1.49. The van der Waals surface area contributed by atoms with Crippen molar-refractivity contribution in [2.24, 2.45) is 0 Å². The standard InChI is InChI=1S/C19H29N3O5S/c1-4-27-19(25)17-13-7-5-8-14(13)28-18(17)21-16(24)12-22(2)11-15(23)20-9-6-10-26-3/h4-12H2,1-3H3,(H,20,23)(H,21,24). The van der Waals surface area contributed by atoms with E-state index in [0.29, 0.717) is 30.3 Å². The highest BCUT2D eigenvalue weighted by molar-refractivity contribution is 7.17. The molecule has 0 saturated carbocycles. The summed E-state index contributed by atoms with van der Waals surface area (Å²) < 4.78 is 10.1. The number of thiophene rings is 1. The van der Waals surface area contributed by atoms with Gasteiger partial charge in [-0.25, -0.2) is 4.79 Å². The first-order valence-electron chi connectivity index (χ1n) is 9.51. The fraction of sp³-hybridized carbons (Fsp3) is 0.632. The van der Waals surface area contributed by atoms with Crippen molar-refractivity contribution in [2.45, 2.75) is 32.6 Å². The molecule has 0 bridgehead atoms. The Morgan fingerprint density at radius 2 is 1.93 bits per heavy atom. The van der Waals surface area contributed by atoms with Crippen molar-refractivity contribution >= 4 is 34.1 Å². The zero-order chi connectivity index (χ0) is 20.5. The lowest BCUT2D eigenvalue weighted by Crippen LogP contribution is -2.39. The summed E-state index contributed by atoms with van der Waals surface area (Å²) in [5.74, 6) is -0.796. The second-order valence-electron chi connectivity index (χ2n) is 6.70. The fourth-order valence-corrected chi connectivity index (χ4v) is 4.42. The minimum Gasteiger partial charge on any atom is -0.462 e. The number of rotatable bonds is 11. The van der Waals surface area contributed by atoms with Crippen LogP contribution in [0.5, 0.6) is 0 Å². The lowest BCUT2D eigenvalue weighted by atomic mass is 10.1. The zero-order valence-corrected chi connectivity index (χ0v) is 17.6. The molecule has 8 nitrogen and oxygen atoms in total. The summed E-state index contributed by atoms with van der Waals surface area (Å²) in [6.45, 7) is 3.35. The number of hydrogen-bond acceptors (Lipinski definition) is 7. The molecule has 1 aliphatic rings. The summed E-state index contributed by atoms with van der Waals surface area (Å²) in [4.78, 5) is 39.4. The molecule has 0 radical (unpaired) electrons. The van der Waals surface area contributed by atoms with Gasteiger partial charge in [0, 0.05) is 25.1 Å². The van der Waals surface area contributed by atoms with Crippen LogP contribution in [0.2, 0.25) is 0 Å². The van der Waals surface area contributed by atoms with Crippen LogP contribution in [0.4, 0.5) is 5.00 Å². The topological polar surface area (TPSA) is 97.0 Å². The normalized spacial score (nSPS) is 12.7. The van der Waals surface area contributed by atoms with E-state index in [1.807, 2.05) is 0 Å². The van der Waals surface area contributed by atoms with E-state index in [0.717, 1.165) is 36.1 Å². The monoisotopic (exact) mass is 411 g/mol. The first kappa shape index (κ1) is 22.3. The van der Waals surface area contributed by atoms with Crippen molar-refractivity contribution in [3.63, 3.8) is 0 Å². The summed E-state index contributed by atoms with van der Waals surface area (Å²) in [7, 11) is 3.32. The van der Waals surface area contributed by atoms with E-state index in [1.54, 1.807) is 26.0 Å². The molecule has 0 unspecified atom stereocenters. The summed E-state index contributed by atoms with van der Waals surface area (Å²) in [5, 5.41) is 6.16. The number of methoxy groups -OCH3 is 1. The summed E-state index contributed by atoms with van der Waals surface area (Å²) >= 11 is 1.45. The molecule has 28 heavy (non-hydrogen) atoms. The molecule has 0 saturated heterocycles. The molecule has 0 aliphatic heterocycles. The van der Waals surface area contributed by atoms with Crippen molar-refractivity contribution in [1.82, 2.24) is 10.2 Å². The van der Waals surface area contributed by atoms with Gasteiger partial charge in [0.15, 0.2) is 0 Å². The van der Waals surface area contributed by atoms with Gasteiger partial charge in [0.05, 0.1) is 25.3 Å². The van der Waals surface area contributed by atoms with Crippen LogP contribution in [0, 0.1) is 0 Å². The van der Waals surface area contributed by atoms with E-state index in [9.17, 15) is 14.4 Å². The number of fused-ring (bicyclic) bond motifs is 1. The first-order chi connectivity index (χ1) is 13.5. The molecule has 0 spiro atoms. The van der Waals surface area contributed by atoms with Crippen LogP contribution >= 0.6 is 11.3 Å². The predicted molar refractivity (Wildman–Crippen MR) is 108 cm³/mol. The molecule has 9 heteroatoms.